The molecule has 0 atom stereocenters. The summed E-state index contributed by atoms with van der Waals surface area (Å²) in [6.07, 6.45) is 5.00. The first kappa shape index (κ1) is 19.8. The Labute approximate surface area is 174 Å². The molecule has 3 aromatic heterocycles. The molecule has 4 heterocycles. The lowest BCUT2D eigenvalue weighted by molar-refractivity contribution is 0.0763. The van der Waals surface area contributed by atoms with Gasteiger partial charge in [0.15, 0.2) is 5.69 Å². The third kappa shape index (κ3) is 3.59. The number of carbonyl (C=O) groups excluding carboxylic acids is 1. The molecular weight excluding hydrogens is 404 g/mol. The van der Waals surface area contributed by atoms with Crippen LogP contribution in [0.4, 0.5) is 5.82 Å². The molecule has 1 aliphatic rings. The Bertz CT molecular complexity index is 1260. The van der Waals surface area contributed by atoms with Crippen LogP contribution in [0.25, 0.3) is 5.52 Å². The average molecular weight is 424 g/mol. The van der Waals surface area contributed by atoms with Crippen LogP contribution in [0.15, 0.2) is 47.9 Å². The first-order valence-corrected chi connectivity index (χ1v) is 11.4. The highest BCUT2D eigenvalue weighted by Gasteiger charge is 2.28. The van der Waals surface area contributed by atoms with Crippen molar-refractivity contribution in [3.05, 3.63) is 54.0 Å². The molecule has 9 nitrogen and oxygen atoms in total. The van der Waals surface area contributed by atoms with Gasteiger partial charge in [0.2, 0.25) is 15.0 Å². The van der Waals surface area contributed by atoms with Gasteiger partial charge in [0, 0.05) is 44.8 Å². The summed E-state index contributed by atoms with van der Waals surface area (Å²) in [6.45, 7) is 2.10. The molecule has 1 fully saturated rings. The van der Waals surface area contributed by atoms with Crippen molar-refractivity contribution in [2.24, 2.45) is 0 Å². The summed E-state index contributed by atoms with van der Waals surface area (Å²) in [5.41, 5.74) is 1.08. The van der Waals surface area contributed by atoms with Gasteiger partial charge in [-0.1, -0.05) is 6.07 Å². The number of imidazole rings is 1. The van der Waals surface area contributed by atoms with Gasteiger partial charge >= 0.3 is 0 Å². The summed E-state index contributed by atoms with van der Waals surface area (Å²) < 4.78 is 25.7. The van der Waals surface area contributed by atoms with E-state index in [1.165, 1.54) is 4.40 Å². The van der Waals surface area contributed by atoms with Crippen molar-refractivity contribution in [1.82, 2.24) is 19.3 Å². The number of amides is 1. The minimum Gasteiger partial charge on any atom is -0.354 e. The summed E-state index contributed by atoms with van der Waals surface area (Å²) in [6, 6.07) is 10.7. The third-order valence-corrected chi connectivity index (χ3v) is 5.99. The van der Waals surface area contributed by atoms with Gasteiger partial charge in [0.25, 0.3) is 5.91 Å². The Morgan fingerprint density at radius 1 is 1.13 bits per heavy atom. The van der Waals surface area contributed by atoms with Crippen LogP contribution in [0.1, 0.15) is 22.5 Å². The van der Waals surface area contributed by atoms with Gasteiger partial charge < -0.3 is 9.80 Å². The highest BCUT2D eigenvalue weighted by Crippen LogP contribution is 2.21. The lowest BCUT2D eigenvalue weighted by atomic mass is 10.2. The van der Waals surface area contributed by atoms with Crippen LogP contribution in [0.2, 0.25) is 0 Å². The van der Waals surface area contributed by atoms with Crippen LogP contribution in [0.3, 0.4) is 0 Å². The van der Waals surface area contributed by atoms with E-state index in [4.69, 9.17) is 0 Å². The molecule has 0 unspecified atom stereocenters. The smallest absolute Gasteiger partial charge is 0.274 e. The van der Waals surface area contributed by atoms with Gasteiger partial charge in [-0.25, -0.2) is 18.4 Å². The van der Waals surface area contributed by atoms with E-state index in [0.717, 1.165) is 6.26 Å². The molecule has 1 amide bonds. The summed E-state index contributed by atoms with van der Waals surface area (Å²) in [5.74, 6) is 0.304. The number of carbonyl (C=O) groups is 1. The van der Waals surface area contributed by atoms with Gasteiger partial charge in [-0.05, 0) is 30.7 Å². The van der Waals surface area contributed by atoms with E-state index >= 15 is 0 Å². The molecule has 0 saturated carbocycles. The van der Waals surface area contributed by atoms with Crippen LogP contribution in [-0.2, 0) is 9.84 Å². The number of hydrogen-bond acceptors (Lipinski definition) is 7. The van der Waals surface area contributed by atoms with Crippen LogP contribution >= 0.6 is 0 Å². The molecule has 154 valence electrons. The van der Waals surface area contributed by atoms with Crippen LogP contribution in [-0.4, -0.2) is 66.0 Å². The van der Waals surface area contributed by atoms with Crippen molar-refractivity contribution in [1.29, 1.82) is 5.26 Å². The molecule has 1 saturated heterocycles. The number of sulfone groups is 1. The number of anilines is 1. The lowest BCUT2D eigenvalue weighted by Crippen LogP contribution is -2.35. The molecule has 4 rings (SSSR count). The van der Waals surface area contributed by atoms with Crippen LogP contribution in [0, 0.1) is 11.3 Å². The molecule has 0 aromatic carbocycles. The van der Waals surface area contributed by atoms with Crippen LogP contribution < -0.4 is 4.90 Å². The fourth-order valence-corrected chi connectivity index (χ4v) is 4.42. The molecule has 0 spiro atoms. The average Bonchev–Trinajstić information content (AvgIpc) is 2.97. The number of nitriles is 1. The van der Waals surface area contributed by atoms with Gasteiger partial charge in [-0.3, -0.25) is 9.20 Å². The van der Waals surface area contributed by atoms with E-state index in [2.05, 4.69) is 16.0 Å². The Morgan fingerprint density at radius 2 is 1.97 bits per heavy atom. The molecule has 3 aromatic rings. The van der Waals surface area contributed by atoms with Crippen molar-refractivity contribution < 1.29 is 13.2 Å². The van der Waals surface area contributed by atoms with Gasteiger partial charge in [-0.15, -0.1) is 0 Å². The Kier molecular flexibility index (Phi) is 5.13. The van der Waals surface area contributed by atoms with Crippen molar-refractivity contribution >= 4 is 27.1 Å². The zero-order chi connectivity index (χ0) is 21.3. The molecule has 1 aliphatic heterocycles. The zero-order valence-corrected chi connectivity index (χ0v) is 17.2. The van der Waals surface area contributed by atoms with E-state index in [1.807, 2.05) is 4.90 Å². The first-order valence-electron chi connectivity index (χ1n) is 9.46. The lowest BCUT2D eigenvalue weighted by Gasteiger charge is -2.23. The molecule has 0 bridgehead atoms. The van der Waals surface area contributed by atoms with E-state index in [-0.39, 0.29) is 16.8 Å². The van der Waals surface area contributed by atoms with Crippen molar-refractivity contribution in [3.8, 4) is 6.07 Å². The van der Waals surface area contributed by atoms with Crippen LogP contribution in [0.5, 0.6) is 0 Å². The predicted molar refractivity (Wildman–Crippen MR) is 110 cm³/mol. The van der Waals surface area contributed by atoms with E-state index in [0.29, 0.717) is 49.5 Å². The number of aromatic nitrogens is 3. The summed E-state index contributed by atoms with van der Waals surface area (Å²) >= 11 is 0. The van der Waals surface area contributed by atoms with Crippen molar-refractivity contribution in [2.45, 2.75) is 11.6 Å². The maximum Gasteiger partial charge on any atom is 0.274 e. The fraction of sp³-hybridized carbons (Fsp3) is 0.300. The number of nitrogens with zero attached hydrogens (tertiary/aromatic N) is 6. The second-order valence-corrected chi connectivity index (χ2v) is 9.00. The third-order valence-electron chi connectivity index (χ3n) is 5.04. The van der Waals surface area contributed by atoms with E-state index in [9.17, 15) is 18.5 Å². The second kappa shape index (κ2) is 7.76. The fourth-order valence-electron chi connectivity index (χ4n) is 3.65. The SMILES string of the molecule is CS(=O)(=O)c1nc(C(=O)N2CCCN(c3ncccc3C#N)CC2)c2ccccn12. The topological polar surface area (TPSA) is 112 Å². The Morgan fingerprint density at radius 3 is 2.73 bits per heavy atom. The Balaban J connectivity index is 1.62. The molecule has 0 radical (unpaired) electrons. The number of pyridine rings is 2. The summed E-state index contributed by atoms with van der Waals surface area (Å²) in [4.78, 5) is 25.4. The number of fused-ring (bicyclic) bond motifs is 1. The minimum absolute atomic E-state index is 0.125. The molecule has 10 heteroatoms. The number of rotatable bonds is 3. The molecular formula is C20H20N6O3S. The van der Waals surface area contributed by atoms with E-state index < -0.39 is 9.84 Å². The maximum atomic E-state index is 13.2. The minimum atomic E-state index is -3.60. The number of hydrogen-bond donors (Lipinski definition) is 0. The van der Waals surface area contributed by atoms with E-state index in [1.54, 1.807) is 47.6 Å². The van der Waals surface area contributed by atoms with Gasteiger partial charge in [-0.2, -0.15) is 5.26 Å². The second-order valence-electron chi connectivity index (χ2n) is 7.09. The largest absolute Gasteiger partial charge is 0.354 e. The normalized spacial score (nSPS) is 15.1. The zero-order valence-electron chi connectivity index (χ0n) is 16.4. The van der Waals surface area contributed by atoms with Crippen molar-refractivity contribution in [3.63, 3.8) is 0 Å². The van der Waals surface area contributed by atoms with Gasteiger partial charge in [0.05, 0.1) is 11.1 Å². The highest BCUT2D eigenvalue weighted by molar-refractivity contribution is 7.90. The highest BCUT2D eigenvalue weighted by atomic mass is 32.2. The quantitative estimate of drug-likeness (QED) is 0.624. The monoisotopic (exact) mass is 424 g/mol. The first-order chi connectivity index (χ1) is 14.4. The standard InChI is InChI=1S/C20H20N6O3S/c1-30(28,29)20-23-17(16-7-2-3-11-26(16)20)19(27)25-10-5-9-24(12-13-25)18-15(14-21)6-4-8-22-18/h2-4,6-8,11H,5,9-10,12-13H2,1H3. The Hall–Kier alpha value is -3.45. The molecule has 0 aliphatic carbocycles. The molecule has 0 N–H and O–H groups in total. The summed E-state index contributed by atoms with van der Waals surface area (Å²) in [7, 11) is -3.60. The van der Waals surface area contributed by atoms with Gasteiger partial charge in [0.1, 0.15) is 11.9 Å². The maximum absolute atomic E-state index is 13.2. The molecule has 30 heavy (non-hydrogen) atoms. The predicted octanol–water partition coefficient (Wildman–Crippen LogP) is 1.36. The van der Waals surface area contributed by atoms with Crippen molar-refractivity contribution in [2.75, 3.05) is 37.3 Å². The summed E-state index contributed by atoms with van der Waals surface area (Å²) in [5, 5.41) is 9.19.